The van der Waals surface area contributed by atoms with E-state index in [0.29, 0.717) is 0 Å². The lowest BCUT2D eigenvalue weighted by Gasteiger charge is -2.17. The first kappa shape index (κ1) is 19.9. The third-order valence-corrected chi connectivity index (χ3v) is 5.85. The van der Waals surface area contributed by atoms with Gasteiger partial charge in [-0.15, -0.1) is 22.7 Å². The van der Waals surface area contributed by atoms with Crippen molar-refractivity contribution in [1.29, 1.82) is 0 Å². The van der Waals surface area contributed by atoms with Crippen LogP contribution >= 0.6 is 22.7 Å². The number of aliphatic hydroxyl groups excluding tert-OH is 1. The summed E-state index contributed by atoms with van der Waals surface area (Å²) in [4.78, 5) is 2.59. The molecule has 3 aromatic rings. The molecule has 0 bridgehead atoms. The van der Waals surface area contributed by atoms with Crippen molar-refractivity contribution in [3.8, 4) is 0 Å². The highest BCUT2D eigenvalue weighted by Crippen LogP contribution is 2.29. The van der Waals surface area contributed by atoms with Gasteiger partial charge in [-0.25, -0.2) is 0 Å². The van der Waals surface area contributed by atoms with Gasteiger partial charge in [0.15, 0.2) is 0 Å². The number of hydrogen-bond acceptors (Lipinski definition) is 3. The standard InChI is InChI=1S/C20H21NOS2.ClH/c1-15(20(22)16-7-3-2-4-8-16)21-12-11-17(18-9-5-13-23-18)19-10-6-14-24-19;/h2-11,13-15,20-22H,12H2,1H3;1H. The summed E-state index contributed by atoms with van der Waals surface area (Å²) in [5.41, 5.74) is 2.26. The summed E-state index contributed by atoms with van der Waals surface area (Å²) < 4.78 is 0. The number of rotatable bonds is 7. The molecule has 25 heavy (non-hydrogen) atoms. The molecule has 3 rings (SSSR count). The summed E-state index contributed by atoms with van der Waals surface area (Å²) in [5.74, 6) is 0. The molecular weight excluding hydrogens is 370 g/mol. The van der Waals surface area contributed by atoms with Crippen LogP contribution in [0.3, 0.4) is 0 Å². The average molecular weight is 392 g/mol. The second kappa shape index (κ2) is 9.90. The minimum absolute atomic E-state index is 0. The van der Waals surface area contributed by atoms with Gasteiger partial charge in [0, 0.05) is 15.3 Å². The van der Waals surface area contributed by atoms with Crippen molar-refractivity contribution in [2.24, 2.45) is 0 Å². The summed E-state index contributed by atoms with van der Waals surface area (Å²) in [6, 6.07) is 18.5. The first-order valence-corrected chi connectivity index (χ1v) is 9.86. The summed E-state index contributed by atoms with van der Waals surface area (Å²) in [6.07, 6.45) is 1.82. The summed E-state index contributed by atoms with van der Waals surface area (Å²) in [5, 5.41) is 16.9. The second-order valence-corrected chi connectivity index (χ2v) is 7.65. The lowest BCUT2D eigenvalue weighted by molar-refractivity contribution is -0.686. The summed E-state index contributed by atoms with van der Waals surface area (Å²) in [6.45, 7) is 2.91. The average Bonchev–Trinajstić information content (AvgIpc) is 3.32. The first-order valence-electron chi connectivity index (χ1n) is 8.10. The van der Waals surface area contributed by atoms with Crippen LogP contribution in [0, 0.1) is 0 Å². The van der Waals surface area contributed by atoms with Crippen LogP contribution < -0.4 is 17.7 Å². The molecule has 2 atom stereocenters. The fraction of sp³-hybridized carbons (Fsp3) is 0.200. The third kappa shape index (κ3) is 5.27. The predicted molar refractivity (Wildman–Crippen MR) is 103 cm³/mol. The molecule has 2 nitrogen and oxygen atoms in total. The Hall–Kier alpha value is -1.43. The molecule has 0 fully saturated rings. The van der Waals surface area contributed by atoms with E-state index < -0.39 is 6.10 Å². The van der Waals surface area contributed by atoms with E-state index in [1.807, 2.05) is 30.3 Å². The number of aliphatic hydroxyl groups is 1. The monoisotopic (exact) mass is 391 g/mol. The van der Waals surface area contributed by atoms with Crippen LogP contribution in [0.2, 0.25) is 0 Å². The molecule has 0 aliphatic rings. The zero-order valence-electron chi connectivity index (χ0n) is 14.0. The van der Waals surface area contributed by atoms with E-state index in [2.05, 4.69) is 53.3 Å². The highest BCUT2D eigenvalue weighted by Gasteiger charge is 2.18. The van der Waals surface area contributed by atoms with Crippen molar-refractivity contribution < 1.29 is 22.8 Å². The zero-order chi connectivity index (χ0) is 16.8. The van der Waals surface area contributed by atoms with Gasteiger partial charge in [0.05, 0.1) is 6.54 Å². The van der Waals surface area contributed by atoms with Crippen LogP contribution in [-0.4, -0.2) is 17.7 Å². The smallest absolute Gasteiger partial charge is 0.130 e. The molecular formula is C20H22ClNOS2. The van der Waals surface area contributed by atoms with Crippen molar-refractivity contribution in [2.45, 2.75) is 19.1 Å². The van der Waals surface area contributed by atoms with Gasteiger partial charge in [0.25, 0.3) is 0 Å². The zero-order valence-corrected chi connectivity index (χ0v) is 16.4. The lowest BCUT2D eigenvalue weighted by atomic mass is 10.0. The molecule has 2 heterocycles. The Morgan fingerprint density at radius 1 is 1.00 bits per heavy atom. The third-order valence-electron chi connectivity index (χ3n) is 4.04. The van der Waals surface area contributed by atoms with Gasteiger partial charge in [-0.2, -0.15) is 0 Å². The van der Waals surface area contributed by atoms with E-state index in [1.165, 1.54) is 15.3 Å². The van der Waals surface area contributed by atoms with E-state index in [0.717, 1.165) is 12.1 Å². The fourth-order valence-corrected chi connectivity index (χ4v) is 4.30. The molecule has 0 radical (unpaired) electrons. The fourth-order valence-electron chi connectivity index (χ4n) is 2.67. The number of hydrogen-bond donors (Lipinski definition) is 2. The Bertz CT molecular complexity index is 718. The van der Waals surface area contributed by atoms with Crippen LogP contribution in [0.1, 0.15) is 28.3 Å². The number of thiophene rings is 2. The van der Waals surface area contributed by atoms with Crippen molar-refractivity contribution >= 4 is 28.2 Å². The Morgan fingerprint density at radius 3 is 2.12 bits per heavy atom. The normalized spacial score (nSPS) is 12.9. The highest BCUT2D eigenvalue weighted by atomic mass is 35.5. The number of nitrogens with two attached hydrogens (primary N) is 1. The molecule has 132 valence electrons. The van der Waals surface area contributed by atoms with Gasteiger partial charge in [0.1, 0.15) is 12.1 Å². The maximum atomic E-state index is 10.5. The van der Waals surface area contributed by atoms with Crippen molar-refractivity contribution in [3.05, 3.63) is 86.8 Å². The van der Waals surface area contributed by atoms with E-state index in [9.17, 15) is 5.11 Å². The van der Waals surface area contributed by atoms with Gasteiger partial charge in [-0.1, -0.05) is 42.5 Å². The summed E-state index contributed by atoms with van der Waals surface area (Å²) in [7, 11) is 0. The number of quaternary nitrogens is 1. The van der Waals surface area contributed by atoms with Crippen molar-refractivity contribution in [3.63, 3.8) is 0 Å². The van der Waals surface area contributed by atoms with Gasteiger partial charge < -0.3 is 22.8 Å². The molecule has 0 spiro atoms. The van der Waals surface area contributed by atoms with Gasteiger partial charge >= 0.3 is 0 Å². The molecule has 1 aromatic carbocycles. The van der Waals surface area contributed by atoms with Gasteiger partial charge in [-0.3, -0.25) is 0 Å². The lowest BCUT2D eigenvalue weighted by Crippen LogP contribution is -3.00. The Kier molecular flexibility index (Phi) is 7.88. The molecule has 0 saturated carbocycles. The van der Waals surface area contributed by atoms with E-state index in [-0.39, 0.29) is 18.4 Å². The second-order valence-electron chi connectivity index (χ2n) is 5.76. The molecule has 0 aliphatic heterocycles. The Morgan fingerprint density at radius 2 is 1.60 bits per heavy atom. The van der Waals surface area contributed by atoms with Gasteiger partial charge in [-0.05, 0) is 41.5 Å². The van der Waals surface area contributed by atoms with Crippen LogP contribution in [0.5, 0.6) is 0 Å². The molecule has 0 aliphatic carbocycles. The largest absolute Gasteiger partial charge is 1.00 e. The van der Waals surface area contributed by atoms with Gasteiger partial charge in [0.2, 0.25) is 0 Å². The maximum absolute atomic E-state index is 10.5. The van der Waals surface area contributed by atoms with Crippen LogP contribution in [0.15, 0.2) is 71.4 Å². The predicted octanol–water partition coefficient (Wildman–Crippen LogP) is 0.931. The van der Waals surface area contributed by atoms with E-state index >= 15 is 0 Å². The Labute approximate surface area is 163 Å². The number of benzene rings is 1. The van der Waals surface area contributed by atoms with Crippen LogP contribution in [0.4, 0.5) is 0 Å². The molecule has 2 unspecified atom stereocenters. The molecule has 5 heteroatoms. The topological polar surface area (TPSA) is 36.8 Å². The molecule has 0 saturated heterocycles. The maximum Gasteiger partial charge on any atom is 0.130 e. The quantitative estimate of drug-likeness (QED) is 0.617. The van der Waals surface area contributed by atoms with E-state index in [4.69, 9.17) is 0 Å². The highest BCUT2D eigenvalue weighted by molar-refractivity contribution is 7.13. The SMILES string of the molecule is CC([NH2+]CC=C(c1cccs1)c1cccs1)C(O)c1ccccc1.[Cl-]. The van der Waals surface area contributed by atoms with Crippen molar-refractivity contribution in [1.82, 2.24) is 0 Å². The van der Waals surface area contributed by atoms with Crippen molar-refractivity contribution in [2.75, 3.05) is 6.54 Å². The molecule has 0 amide bonds. The minimum atomic E-state index is -0.452. The van der Waals surface area contributed by atoms with Crippen LogP contribution in [0.25, 0.3) is 5.57 Å². The molecule has 2 aromatic heterocycles. The first-order chi connectivity index (χ1) is 11.8. The van der Waals surface area contributed by atoms with E-state index in [1.54, 1.807) is 22.7 Å². The molecule has 3 N–H and O–H groups in total. The number of halogens is 1. The Balaban J connectivity index is 0.00000225. The van der Waals surface area contributed by atoms with Crippen LogP contribution in [-0.2, 0) is 0 Å². The summed E-state index contributed by atoms with van der Waals surface area (Å²) >= 11 is 3.53. The minimum Gasteiger partial charge on any atom is -1.00 e.